The predicted molar refractivity (Wildman–Crippen MR) is 69.6 cm³/mol. The van der Waals surface area contributed by atoms with Gasteiger partial charge in [-0.1, -0.05) is 13.8 Å². The van der Waals surface area contributed by atoms with Crippen LogP contribution in [0.5, 0.6) is 0 Å². The highest BCUT2D eigenvalue weighted by molar-refractivity contribution is 5.04. The minimum absolute atomic E-state index is 0.0579. The fraction of sp³-hybridized carbons (Fsp3) is 0.769. The number of hydrogen-bond donors (Lipinski definition) is 1. The van der Waals surface area contributed by atoms with Crippen LogP contribution in [-0.2, 0) is 6.54 Å². The highest BCUT2D eigenvalue weighted by Gasteiger charge is 2.20. The van der Waals surface area contributed by atoms with Gasteiger partial charge in [-0.2, -0.15) is 0 Å². The second kappa shape index (κ2) is 5.19. The number of rotatable bonds is 4. The van der Waals surface area contributed by atoms with E-state index in [4.69, 9.17) is 5.73 Å². The van der Waals surface area contributed by atoms with Crippen molar-refractivity contribution in [2.75, 3.05) is 20.1 Å². The van der Waals surface area contributed by atoms with Crippen LogP contribution in [0, 0.1) is 11.8 Å². The van der Waals surface area contributed by atoms with E-state index in [0.717, 1.165) is 18.2 Å². The van der Waals surface area contributed by atoms with E-state index in [1.54, 1.807) is 0 Å². The van der Waals surface area contributed by atoms with Gasteiger partial charge in [-0.05, 0) is 31.8 Å². The van der Waals surface area contributed by atoms with E-state index in [2.05, 4.69) is 41.5 Å². The molecular weight excluding hydrogens is 212 g/mol. The summed E-state index contributed by atoms with van der Waals surface area (Å²) < 4.78 is 2.20. The highest BCUT2D eigenvalue weighted by Crippen LogP contribution is 2.19. The first-order valence-electron chi connectivity index (χ1n) is 6.52. The Kier molecular flexibility index (Phi) is 3.84. The molecule has 1 aliphatic rings. The number of nitrogens with zero attached hydrogens (tertiary/aromatic N) is 3. The molecule has 2 N–H and O–H groups in total. The van der Waals surface area contributed by atoms with E-state index in [1.165, 1.54) is 19.5 Å². The minimum Gasteiger partial charge on any atom is -0.337 e. The molecule has 1 aliphatic heterocycles. The first kappa shape index (κ1) is 12.6. The molecule has 0 aromatic carbocycles. The Morgan fingerprint density at radius 2 is 2.29 bits per heavy atom. The van der Waals surface area contributed by atoms with Crippen LogP contribution in [0.1, 0.15) is 32.0 Å². The smallest absolute Gasteiger partial charge is 0.0950 e. The van der Waals surface area contributed by atoms with Crippen molar-refractivity contribution in [3.8, 4) is 0 Å². The van der Waals surface area contributed by atoms with Crippen LogP contribution in [0.2, 0.25) is 0 Å². The second-order valence-corrected chi connectivity index (χ2v) is 5.68. The van der Waals surface area contributed by atoms with E-state index < -0.39 is 0 Å². The van der Waals surface area contributed by atoms with Crippen molar-refractivity contribution in [1.82, 2.24) is 14.5 Å². The van der Waals surface area contributed by atoms with Gasteiger partial charge in [0.05, 0.1) is 18.1 Å². The third kappa shape index (κ3) is 3.07. The Morgan fingerprint density at radius 1 is 1.53 bits per heavy atom. The van der Waals surface area contributed by atoms with Gasteiger partial charge in [0.15, 0.2) is 0 Å². The maximum Gasteiger partial charge on any atom is 0.0950 e. The molecule has 4 heteroatoms. The fourth-order valence-electron chi connectivity index (χ4n) is 2.46. The summed E-state index contributed by atoms with van der Waals surface area (Å²) in [7, 11) is 2.19. The summed E-state index contributed by atoms with van der Waals surface area (Å²) in [6, 6.07) is 0.0579. The first-order valence-corrected chi connectivity index (χ1v) is 6.52. The summed E-state index contributed by atoms with van der Waals surface area (Å²) in [6.07, 6.45) is 5.33. The Hall–Kier alpha value is -0.870. The SMILES string of the molecule is CC(C)[C@H](N)c1cn(C[C@@H]2CCN(C)C2)cn1. The number of imidazole rings is 1. The fourth-order valence-corrected chi connectivity index (χ4v) is 2.46. The second-order valence-electron chi connectivity index (χ2n) is 5.68. The zero-order chi connectivity index (χ0) is 12.4. The lowest BCUT2D eigenvalue weighted by Gasteiger charge is -2.13. The summed E-state index contributed by atoms with van der Waals surface area (Å²) in [5.41, 5.74) is 7.12. The van der Waals surface area contributed by atoms with Gasteiger partial charge in [0.1, 0.15) is 0 Å². The van der Waals surface area contributed by atoms with Crippen LogP contribution in [0.25, 0.3) is 0 Å². The largest absolute Gasteiger partial charge is 0.337 e. The van der Waals surface area contributed by atoms with Gasteiger partial charge in [0.2, 0.25) is 0 Å². The first-order chi connectivity index (χ1) is 8.06. The van der Waals surface area contributed by atoms with Crippen molar-refractivity contribution in [2.24, 2.45) is 17.6 Å². The van der Waals surface area contributed by atoms with Gasteiger partial charge in [0, 0.05) is 19.3 Å². The normalized spacial score (nSPS) is 23.5. The number of hydrogen-bond acceptors (Lipinski definition) is 3. The van der Waals surface area contributed by atoms with Gasteiger partial charge in [-0.25, -0.2) is 4.98 Å². The van der Waals surface area contributed by atoms with Gasteiger partial charge in [-0.3, -0.25) is 0 Å². The molecule has 1 aromatic rings. The molecule has 0 spiro atoms. The summed E-state index contributed by atoms with van der Waals surface area (Å²) in [6.45, 7) is 7.76. The summed E-state index contributed by atoms with van der Waals surface area (Å²) >= 11 is 0. The Morgan fingerprint density at radius 3 is 2.88 bits per heavy atom. The van der Waals surface area contributed by atoms with Gasteiger partial charge >= 0.3 is 0 Å². The molecule has 1 fully saturated rings. The minimum atomic E-state index is 0.0579. The van der Waals surface area contributed by atoms with Crippen molar-refractivity contribution in [3.63, 3.8) is 0 Å². The van der Waals surface area contributed by atoms with Crippen LogP contribution in [0.4, 0.5) is 0 Å². The van der Waals surface area contributed by atoms with E-state index in [1.807, 2.05) is 6.33 Å². The highest BCUT2D eigenvalue weighted by atomic mass is 15.1. The van der Waals surface area contributed by atoms with Crippen molar-refractivity contribution in [1.29, 1.82) is 0 Å². The van der Waals surface area contributed by atoms with Crippen molar-refractivity contribution in [3.05, 3.63) is 18.2 Å². The zero-order valence-electron chi connectivity index (χ0n) is 11.1. The van der Waals surface area contributed by atoms with E-state index in [-0.39, 0.29) is 6.04 Å². The Balaban J connectivity index is 1.94. The van der Waals surface area contributed by atoms with Gasteiger partial charge in [0.25, 0.3) is 0 Å². The molecule has 0 bridgehead atoms. The topological polar surface area (TPSA) is 47.1 Å². The third-order valence-corrected chi connectivity index (χ3v) is 3.67. The third-order valence-electron chi connectivity index (χ3n) is 3.67. The maximum atomic E-state index is 6.10. The zero-order valence-corrected chi connectivity index (χ0v) is 11.1. The molecule has 2 heterocycles. The van der Waals surface area contributed by atoms with Crippen molar-refractivity contribution >= 4 is 0 Å². The van der Waals surface area contributed by atoms with Crippen LogP contribution in [0.3, 0.4) is 0 Å². The quantitative estimate of drug-likeness (QED) is 0.861. The predicted octanol–water partition coefficient (Wildman–Crippen LogP) is 1.49. The van der Waals surface area contributed by atoms with Crippen LogP contribution < -0.4 is 5.73 Å². The maximum absolute atomic E-state index is 6.10. The lowest BCUT2D eigenvalue weighted by molar-refractivity contribution is 0.378. The molecule has 0 aliphatic carbocycles. The van der Waals surface area contributed by atoms with Gasteiger partial charge in [-0.15, -0.1) is 0 Å². The summed E-state index contributed by atoms with van der Waals surface area (Å²) in [5.74, 6) is 1.20. The molecule has 2 rings (SSSR count). The van der Waals surface area contributed by atoms with Crippen LogP contribution in [0.15, 0.2) is 12.5 Å². The molecule has 1 aromatic heterocycles. The lowest BCUT2D eigenvalue weighted by atomic mass is 10.0. The molecule has 0 amide bonds. The van der Waals surface area contributed by atoms with Gasteiger partial charge < -0.3 is 15.2 Å². The lowest BCUT2D eigenvalue weighted by Crippen LogP contribution is -2.17. The summed E-state index contributed by atoms with van der Waals surface area (Å²) in [5, 5.41) is 0. The number of likely N-dealkylation sites (tertiary alicyclic amines) is 1. The number of aromatic nitrogens is 2. The Bertz CT molecular complexity index is 358. The van der Waals surface area contributed by atoms with Crippen LogP contribution >= 0.6 is 0 Å². The standard InChI is InChI=1S/C13H24N4/c1-10(2)13(14)12-8-17(9-15-12)7-11-4-5-16(3)6-11/h8-11,13H,4-7,14H2,1-3H3/t11-,13+/m1/s1. The van der Waals surface area contributed by atoms with Crippen molar-refractivity contribution < 1.29 is 0 Å². The molecule has 0 unspecified atom stereocenters. The number of nitrogens with two attached hydrogens (primary N) is 1. The molecule has 4 nitrogen and oxygen atoms in total. The molecule has 1 saturated heterocycles. The monoisotopic (exact) mass is 236 g/mol. The van der Waals surface area contributed by atoms with E-state index in [0.29, 0.717) is 5.92 Å². The van der Waals surface area contributed by atoms with E-state index in [9.17, 15) is 0 Å². The van der Waals surface area contributed by atoms with Crippen molar-refractivity contribution in [2.45, 2.75) is 32.9 Å². The average molecular weight is 236 g/mol. The molecule has 17 heavy (non-hydrogen) atoms. The molecule has 2 atom stereocenters. The molecule has 0 saturated carbocycles. The van der Waals surface area contributed by atoms with E-state index >= 15 is 0 Å². The molecule has 0 radical (unpaired) electrons. The average Bonchev–Trinajstić information content (AvgIpc) is 2.87. The Labute approximate surface area is 104 Å². The molecular formula is C13H24N4. The summed E-state index contributed by atoms with van der Waals surface area (Å²) in [4.78, 5) is 6.81. The van der Waals surface area contributed by atoms with Crippen LogP contribution in [-0.4, -0.2) is 34.6 Å². The molecule has 96 valence electrons.